The molecular formula is C16H12ClFN4O. The van der Waals surface area contributed by atoms with E-state index in [0.29, 0.717) is 29.0 Å². The number of benzene rings is 1. The van der Waals surface area contributed by atoms with E-state index in [9.17, 15) is 4.39 Å². The molecule has 3 aromatic rings. The minimum atomic E-state index is -0.356. The Bertz CT molecular complexity index is 798. The summed E-state index contributed by atoms with van der Waals surface area (Å²) in [5.74, 6) is 0.988. The SMILES string of the molecule is Fc1cccc(Oc2ccc(CNc3ncncc3Cl)cn2)c1. The molecule has 0 amide bonds. The molecule has 0 aliphatic carbocycles. The van der Waals surface area contributed by atoms with Gasteiger partial charge in [0.05, 0.1) is 6.20 Å². The maximum Gasteiger partial charge on any atom is 0.219 e. The van der Waals surface area contributed by atoms with Crippen LogP contribution in [0.3, 0.4) is 0 Å². The summed E-state index contributed by atoms with van der Waals surface area (Å²) in [6.07, 6.45) is 4.60. The molecule has 0 unspecified atom stereocenters. The normalized spacial score (nSPS) is 10.3. The Balaban J connectivity index is 1.62. The van der Waals surface area contributed by atoms with Crippen LogP contribution in [-0.4, -0.2) is 15.0 Å². The minimum Gasteiger partial charge on any atom is -0.439 e. The Kier molecular flexibility index (Phi) is 4.63. The zero-order chi connectivity index (χ0) is 16.1. The molecule has 0 aliphatic rings. The molecule has 7 heteroatoms. The van der Waals surface area contributed by atoms with Crippen LogP contribution >= 0.6 is 11.6 Å². The largest absolute Gasteiger partial charge is 0.439 e. The minimum absolute atomic E-state index is 0.356. The zero-order valence-corrected chi connectivity index (χ0v) is 12.7. The summed E-state index contributed by atoms with van der Waals surface area (Å²) in [5.41, 5.74) is 0.922. The highest BCUT2D eigenvalue weighted by Crippen LogP contribution is 2.21. The van der Waals surface area contributed by atoms with Crippen molar-refractivity contribution in [3.8, 4) is 11.6 Å². The van der Waals surface area contributed by atoms with Crippen molar-refractivity contribution in [3.05, 3.63) is 71.5 Å². The highest BCUT2D eigenvalue weighted by Gasteiger charge is 2.03. The lowest BCUT2D eigenvalue weighted by atomic mass is 10.3. The fourth-order valence-electron chi connectivity index (χ4n) is 1.86. The number of ether oxygens (including phenoxy) is 1. The smallest absolute Gasteiger partial charge is 0.219 e. The van der Waals surface area contributed by atoms with Gasteiger partial charge in [-0.3, -0.25) is 0 Å². The highest BCUT2D eigenvalue weighted by atomic mass is 35.5. The van der Waals surface area contributed by atoms with Gasteiger partial charge in [-0.1, -0.05) is 23.7 Å². The van der Waals surface area contributed by atoms with Crippen molar-refractivity contribution >= 4 is 17.4 Å². The second-order valence-corrected chi connectivity index (χ2v) is 5.04. The van der Waals surface area contributed by atoms with E-state index < -0.39 is 0 Å². The van der Waals surface area contributed by atoms with Gasteiger partial charge in [0.25, 0.3) is 0 Å². The maximum atomic E-state index is 13.1. The van der Waals surface area contributed by atoms with Crippen LogP contribution in [0.5, 0.6) is 11.6 Å². The lowest BCUT2D eigenvalue weighted by molar-refractivity contribution is 0.458. The molecule has 0 radical (unpaired) electrons. The first-order valence-electron chi connectivity index (χ1n) is 6.78. The van der Waals surface area contributed by atoms with E-state index in [1.54, 1.807) is 24.4 Å². The van der Waals surface area contributed by atoms with Gasteiger partial charge in [-0.05, 0) is 17.7 Å². The van der Waals surface area contributed by atoms with Crippen LogP contribution in [0.4, 0.5) is 10.2 Å². The van der Waals surface area contributed by atoms with Crippen LogP contribution < -0.4 is 10.1 Å². The van der Waals surface area contributed by atoms with Crippen LogP contribution in [-0.2, 0) is 6.54 Å². The zero-order valence-electron chi connectivity index (χ0n) is 11.9. The summed E-state index contributed by atoms with van der Waals surface area (Å²) in [6, 6.07) is 9.46. The van der Waals surface area contributed by atoms with Gasteiger partial charge in [-0.2, -0.15) is 0 Å². The standard InChI is InChI=1S/C16H12ClFN4O/c17-14-9-19-10-22-16(14)21-8-11-4-5-15(20-7-11)23-13-3-1-2-12(18)6-13/h1-7,9-10H,8H2,(H,19,21,22). The quantitative estimate of drug-likeness (QED) is 0.764. The lowest BCUT2D eigenvalue weighted by Crippen LogP contribution is -2.02. The third kappa shape index (κ3) is 4.14. The van der Waals surface area contributed by atoms with Gasteiger partial charge in [0.1, 0.15) is 28.7 Å². The molecule has 116 valence electrons. The second-order valence-electron chi connectivity index (χ2n) is 4.64. The molecule has 23 heavy (non-hydrogen) atoms. The fourth-order valence-corrected chi connectivity index (χ4v) is 2.03. The average Bonchev–Trinajstić information content (AvgIpc) is 2.56. The summed E-state index contributed by atoms with van der Waals surface area (Å²) < 4.78 is 18.6. The van der Waals surface area contributed by atoms with Crippen molar-refractivity contribution in [1.29, 1.82) is 0 Å². The molecule has 3 rings (SSSR count). The Labute approximate surface area is 137 Å². The Morgan fingerprint density at radius 3 is 2.78 bits per heavy atom. The van der Waals surface area contributed by atoms with Crippen LogP contribution in [0, 0.1) is 5.82 Å². The number of hydrogen-bond acceptors (Lipinski definition) is 5. The molecular weight excluding hydrogens is 319 g/mol. The molecule has 0 aliphatic heterocycles. The second kappa shape index (κ2) is 7.02. The van der Waals surface area contributed by atoms with Crippen molar-refractivity contribution < 1.29 is 9.13 Å². The van der Waals surface area contributed by atoms with Gasteiger partial charge in [0.15, 0.2) is 0 Å². The van der Waals surface area contributed by atoms with Crippen molar-refractivity contribution in [3.63, 3.8) is 0 Å². The monoisotopic (exact) mass is 330 g/mol. The van der Waals surface area contributed by atoms with Gasteiger partial charge in [0, 0.05) is 24.9 Å². The maximum absolute atomic E-state index is 13.1. The van der Waals surface area contributed by atoms with Crippen molar-refractivity contribution in [2.75, 3.05) is 5.32 Å². The molecule has 0 fully saturated rings. The van der Waals surface area contributed by atoms with E-state index in [2.05, 4.69) is 20.3 Å². The lowest BCUT2D eigenvalue weighted by Gasteiger charge is -2.08. The summed E-state index contributed by atoms with van der Waals surface area (Å²) in [7, 11) is 0. The van der Waals surface area contributed by atoms with E-state index in [0.717, 1.165) is 5.56 Å². The number of nitrogens with one attached hydrogen (secondary N) is 1. The molecule has 0 saturated carbocycles. The van der Waals surface area contributed by atoms with E-state index in [1.165, 1.54) is 24.7 Å². The third-order valence-corrected chi connectivity index (χ3v) is 3.22. The molecule has 1 N–H and O–H groups in total. The number of hydrogen-bond donors (Lipinski definition) is 1. The van der Waals surface area contributed by atoms with E-state index in [-0.39, 0.29) is 5.82 Å². The predicted molar refractivity (Wildman–Crippen MR) is 85.1 cm³/mol. The fraction of sp³-hybridized carbons (Fsp3) is 0.0625. The average molecular weight is 331 g/mol. The number of anilines is 1. The first kappa shape index (κ1) is 15.2. The third-order valence-electron chi connectivity index (χ3n) is 2.94. The van der Waals surface area contributed by atoms with Gasteiger partial charge in [-0.25, -0.2) is 19.3 Å². The van der Waals surface area contributed by atoms with Crippen LogP contribution in [0.1, 0.15) is 5.56 Å². The molecule has 2 heterocycles. The first-order chi connectivity index (χ1) is 11.2. The molecule has 0 bridgehead atoms. The van der Waals surface area contributed by atoms with Gasteiger partial charge < -0.3 is 10.1 Å². The molecule has 1 aromatic carbocycles. The summed E-state index contributed by atoms with van der Waals surface area (Å²) >= 11 is 5.96. The van der Waals surface area contributed by atoms with Gasteiger partial charge in [-0.15, -0.1) is 0 Å². The van der Waals surface area contributed by atoms with Crippen molar-refractivity contribution in [2.45, 2.75) is 6.54 Å². The number of pyridine rings is 1. The van der Waals surface area contributed by atoms with Crippen LogP contribution in [0.25, 0.3) is 0 Å². The summed E-state index contributed by atoms with van der Waals surface area (Å²) in [5, 5.41) is 3.54. The highest BCUT2D eigenvalue weighted by molar-refractivity contribution is 6.32. The number of halogens is 2. The molecule has 0 atom stereocenters. The molecule has 0 saturated heterocycles. The summed E-state index contributed by atoms with van der Waals surface area (Å²) in [4.78, 5) is 12.0. The summed E-state index contributed by atoms with van der Waals surface area (Å²) in [6.45, 7) is 0.504. The number of rotatable bonds is 5. The number of aromatic nitrogens is 3. The number of nitrogens with zero attached hydrogens (tertiary/aromatic N) is 3. The van der Waals surface area contributed by atoms with Crippen molar-refractivity contribution in [2.24, 2.45) is 0 Å². The van der Waals surface area contributed by atoms with Gasteiger partial charge in [0.2, 0.25) is 5.88 Å². The first-order valence-corrected chi connectivity index (χ1v) is 7.16. The van der Waals surface area contributed by atoms with Crippen LogP contribution in [0.2, 0.25) is 5.02 Å². The molecule has 5 nitrogen and oxygen atoms in total. The topological polar surface area (TPSA) is 59.9 Å². The van der Waals surface area contributed by atoms with Gasteiger partial charge >= 0.3 is 0 Å². The Morgan fingerprint density at radius 1 is 1.13 bits per heavy atom. The van der Waals surface area contributed by atoms with E-state index >= 15 is 0 Å². The molecule has 2 aromatic heterocycles. The van der Waals surface area contributed by atoms with E-state index in [1.807, 2.05) is 6.07 Å². The Hall–Kier alpha value is -2.73. The van der Waals surface area contributed by atoms with Crippen molar-refractivity contribution in [1.82, 2.24) is 15.0 Å². The Morgan fingerprint density at radius 2 is 2.04 bits per heavy atom. The predicted octanol–water partition coefficient (Wildman–Crippen LogP) is 4.07. The molecule has 0 spiro atoms. The van der Waals surface area contributed by atoms with Crippen LogP contribution in [0.15, 0.2) is 55.1 Å². The van der Waals surface area contributed by atoms with E-state index in [4.69, 9.17) is 16.3 Å².